The van der Waals surface area contributed by atoms with E-state index in [0.29, 0.717) is 13.2 Å². The van der Waals surface area contributed by atoms with Crippen molar-refractivity contribution >= 4 is 5.91 Å². The van der Waals surface area contributed by atoms with Crippen molar-refractivity contribution in [2.45, 2.75) is 19.6 Å². The second kappa shape index (κ2) is 7.84. The molecule has 0 aliphatic carbocycles. The zero-order valence-electron chi connectivity index (χ0n) is 11.3. The fourth-order valence-electron chi connectivity index (χ4n) is 1.42. The molecule has 1 aromatic carbocycles. The number of amides is 1. The van der Waals surface area contributed by atoms with E-state index in [1.807, 2.05) is 49.3 Å². The predicted octanol–water partition coefficient (Wildman–Crippen LogP) is 1.27. The third-order valence-corrected chi connectivity index (χ3v) is 2.57. The van der Waals surface area contributed by atoms with Crippen molar-refractivity contribution in [1.82, 2.24) is 10.2 Å². The van der Waals surface area contributed by atoms with Gasteiger partial charge in [0, 0.05) is 13.1 Å². The van der Waals surface area contributed by atoms with Crippen molar-refractivity contribution in [3.63, 3.8) is 0 Å². The summed E-state index contributed by atoms with van der Waals surface area (Å²) in [7, 11) is 3.95. The van der Waals surface area contributed by atoms with Gasteiger partial charge in [0.05, 0.1) is 6.61 Å². The largest absolute Gasteiger partial charge is 0.364 e. The number of carbonyl (C=O) groups excluding carboxylic acids is 1. The molecule has 0 aliphatic heterocycles. The van der Waals surface area contributed by atoms with Gasteiger partial charge in [0.1, 0.15) is 6.10 Å². The maximum atomic E-state index is 11.7. The van der Waals surface area contributed by atoms with Gasteiger partial charge in [0.25, 0.3) is 0 Å². The van der Waals surface area contributed by atoms with Gasteiger partial charge in [0.2, 0.25) is 5.91 Å². The molecule has 0 aliphatic rings. The molecule has 1 unspecified atom stereocenters. The fraction of sp³-hybridized carbons (Fsp3) is 0.500. The molecule has 0 saturated carbocycles. The maximum absolute atomic E-state index is 11.7. The Morgan fingerprint density at radius 3 is 2.61 bits per heavy atom. The smallest absolute Gasteiger partial charge is 0.248 e. The van der Waals surface area contributed by atoms with Crippen LogP contribution in [-0.2, 0) is 16.1 Å². The average molecular weight is 250 g/mol. The Hall–Kier alpha value is -1.39. The van der Waals surface area contributed by atoms with Gasteiger partial charge in [-0.1, -0.05) is 30.3 Å². The lowest BCUT2D eigenvalue weighted by Gasteiger charge is -2.15. The van der Waals surface area contributed by atoms with Crippen LogP contribution in [0, 0.1) is 0 Å². The summed E-state index contributed by atoms with van der Waals surface area (Å²) in [6.07, 6.45) is -0.424. The summed E-state index contributed by atoms with van der Waals surface area (Å²) in [4.78, 5) is 13.7. The Balaban J connectivity index is 2.23. The van der Waals surface area contributed by atoms with Crippen molar-refractivity contribution in [2.75, 3.05) is 27.2 Å². The minimum atomic E-state index is -0.424. The zero-order chi connectivity index (χ0) is 13.4. The van der Waals surface area contributed by atoms with Gasteiger partial charge in [-0.15, -0.1) is 0 Å². The lowest BCUT2D eigenvalue weighted by atomic mass is 10.2. The van der Waals surface area contributed by atoms with Gasteiger partial charge >= 0.3 is 0 Å². The molecule has 0 spiro atoms. The molecule has 100 valence electrons. The van der Waals surface area contributed by atoms with Gasteiger partial charge in [-0.05, 0) is 26.6 Å². The van der Waals surface area contributed by atoms with Crippen LogP contribution < -0.4 is 5.32 Å². The third kappa shape index (κ3) is 5.80. The molecule has 0 heterocycles. The average Bonchev–Trinajstić information content (AvgIpc) is 2.36. The van der Waals surface area contributed by atoms with Gasteiger partial charge in [0.15, 0.2) is 0 Å². The molecule has 0 aromatic heterocycles. The van der Waals surface area contributed by atoms with Crippen molar-refractivity contribution < 1.29 is 9.53 Å². The van der Waals surface area contributed by atoms with E-state index < -0.39 is 6.10 Å². The van der Waals surface area contributed by atoms with Crippen LogP contribution in [0.25, 0.3) is 0 Å². The molecule has 0 fully saturated rings. The fourth-order valence-corrected chi connectivity index (χ4v) is 1.42. The van der Waals surface area contributed by atoms with Crippen LogP contribution >= 0.6 is 0 Å². The summed E-state index contributed by atoms with van der Waals surface area (Å²) >= 11 is 0. The number of nitrogens with zero attached hydrogens (tertiary/aromatic N) is 1. The quantitative estimate of drug-likeness (QED) is 0.792. The van der Waals surface area contributed by atoms with Crippen molar-refractivity contribution in [3.05, 3.63) is 35.9 Å². The highest BCUT2D eigenvalue weighted by Gasteiger charge is 2.12. The number of hydrogen-bond donors (Lipinski definition) is 1. The van der Waals surface area contributed by atoms with Crippen molar-refractivity contribution in [1.29, 1.82) is 0 Å². The SMILES string of the molecule is CC(OCc1ccccc1)C(=O)NCCN(C)C. The van der Waals surface area contributed by atoms with Crippen molar-refractivity contribution in [2.24, 2.45) is 0 Å². The van der Waals surface area contributed by atoms with Crippen LogP contribution in [0.15, 0.2) is 30.3 Å². The molecule has 1 amide bonds. The highest BCUT2D eigenvalue weighted by molar-refractivity contribution is 5.80. The third-order valence-electron chi connectivity index (χ3n) is 2.57. The number of carbonyl (C=O) groups is 1. The first-order valence-electron chi connectivity index (χ1n) is 6.17. The first-order valence-corrected chi connectivity index (χ1v) is 6.17. The number of benzene rings is 1. The van der Waals surface area contributed by atoms with Crippen LogP contribution in [0.3, 0.4) is 0 Å². The van der Waals surface area contributed by atoms with E-state index in [9.17, 15) is 4.79 Å². The highest BCUT2D eigenvalue weighted by atomic mass is 16.5. The molecular weight excluding hydrogens is 228 g/mol. The van der Waals surface area contributed by atoms with Gasteiger partial charge in [-0.3, -0.25) is 4.79 Å². The van der Waals surface area contributed by atoms with E-state index in [2.05, 4.69) is 5.32 Å². The predicted molar refractivity (Wildman–Crippen MR) is 72.3 cm³/mol. The monoisotopic (exact) mass is 250 g/mol. The van der Waals surface area contributed by atoms with Crippen LogP contribution in [0.2, 0.25) is 0 Å². The van der Waals surface area contributed by atoms with E-state index in [1.54, 1.807) is 6.92 Å². The first-order chi connectivity index (χ1) is 8.59. The first kappa shape index (κ1) is 14.7. The molecule has 4 heteroatoms. The second-order valence-electron chi connectivity index (χ2n) is 4.53. The summed E-state index contributed by atoms with van der Waals surface area (Å²) < 4.78 is 5.52. The van der Waals surface area contributed by atoms with Gasteiger partial charge in [-0.2, -0.15) is 0 Å². The molecule has 1 rings (SSSR count). The van der Waals surface area contributed by atoms with E-state index in [1.165, 1.54) is 0 Å². The molecule has 18 heavy (non-hydrogen) atoms. The molecule has 0 radical (unpaired) electrons. The molecule has 0 saturated heterocycles. The summed E-state index contributed by atoms with van der Waals surface area (Å²) in [6.45, 7) is 3.71. The van der Waals surface area contributed by atoms with Crippen molar-refractivity contribution in [3.8, 4) is 0 Å². The normalized spacial score (nSPS) is 12.4. The van der Waals surface area contributed by atoms with E-state index in [0.717, 1.165) is 12.1 Å². The summed E-state index contributed by atoms with van der Waals surface area (Å²) in [5.41, 5.74) is 1.07. The van der Waals surface area contributed by atoms with E-state index in [-0.39, 0.29) is 5.91 Å². The summed E-state index contributed by atoms with van der Waals surface area (Å²) in [5, 5.41) is 2.84. The molecule has 1 atom stereocenters. The Labute approximate surface area is 109 Å². The lowest BCUT2D eigenvalue weighted by molar-refractivity contribution is -0.132. The highest BCUT2D eigenvalue weighted by Crippen LogP contribution is 2.03. The molecule has 4 nitrogen and oxygen atoms in total. The Morgan fingerprint density at radius 2 is 2.00 bits per heavy atom. The Bertz CT molecular complexity index is 352. The minimum absolute atomic E-state index is 0.0622. The summed E-state index contributed by atoms with van der Waals surface area (Å²) in [6, 6.07) is 9.84. The lowest BCUT2D eigenvalue weighted by Crippen LogP contribution is -2.38. The van der Waals surface area contributed by atoms with Gasteiger partial charge in [-0.25, -0.2) is 0 Å². The topological polar surface area (TPSA) is 41.6 Å². The van der Waals surface area contributed by atoms with Gasteiger partial charge < -0.3 is 15.0 Å². The van der Waals surface area contributed by atoms with Crippen LogP contribution in [0.1, 0.15) is 12.5 Å². The molecule has 1 aromatic rings. The molecule has 0 bridgehead atoms. The Kier molecular flexibility index (Phi) is 6.39. The number of hydrogen-bond acceptors (Lipinski definition) is 3. The summed E-state index contributed by atoms with van der Waals surface area (Å²) in [5.74, 6) is -0.0622. The second-order valence-corrected chi connectivity index (χ2v) is 4.53. The van der Waals surface area contributed by atoms with Crippen LogP contribution in [0.4, 0.5) is 0 Å². The molecular formula is C14H22N2O2. The number of ether oxygens (including phenoxy) is 1. The Morgan fingerprint density at radius 1 is 1.33 bits per heavy atom. The maximum Gasteiger partial charge on any atom is 0.248 e. The van der Waals surface area contributed by atoms with Crippen LogP contribution in [0.5, 0.6) is 0 Å². The van der Waals surface area contributed by atoms with E-state index >= 15 is 0 Å². The number of likely N-dealkylation sites (N-methyl/N-ethyl adjacent to an activating group) is 1. The van der Waals surface area contributed by atoms with E-state index in [4.69, 9.17) is 4.74 Å². The number of nitrogens with one attached hydrogen (secondary N) is 1. The van der Waals surface area contributed by atoms with Crippen LogP contribution in [-0.4, -0.2) is 44.1 Å². The zero-order valence-corrected chi connectivity index (χ0v) is 11.3. The standard InChI is InChI=1S/C14H22N2O2/c1-12(14(17)15-9-10-16(2)3)18-11-13-7-5-4-6-8-13/h4-8,12H,9-11H2,1-3H3,(H,15,17). The minimum Gasteiger partial charge on any atom is -0.364 e. The molecule has 1 N–H and O–H groups in total. The number of rotatable bonds is 7.